The van der Waals surface area contributed by atoms with Crippen LogP contribution >= 0.6 is 0 Å². The minimum absolute atomic E-state index is 0.0844. The number of anilines is 1. The second-order valence-electron chi connectivity index (χ2n) is 10.4. The Hall–Kier alpha value is -4.22. The summed E-state index contributed by atoms with van der Waals surface area (Å²) in [6, 6.07) is 10.9. The van der Waals surface area contributed by atoms with Gasteiger partial charge in [-0.05, 0) is 18.3 Å². The number of ether oxygens (including phenoxy) is 1. The first-order chi connectivity index (χ1) is 19.4. The Kier molecular flexibility index (Phi) is 8.13. The minimum Gasteiger partial charge on any atom is -0.481 e. The zero-order valence-electron chi connectivity index (χ0n) is 22.5. The smallest absolute Gasteiger partial charge is 0.409 e. The van der Waals surface area contributed by atoms with Crippen molar-refractivity contribution in [2.24, 2.45) is 17.8 Å². The highest BCUT2D eigenvalue weighted by Gasteiger charge is 2.60. The summed E-state index contributed by atoms with van der Waals surface area (Å²) in [5.74, 6) is -0.711. The van der Waals surface area contributed by atoms with Gasteiger partial charge in [0.2, 0.25) is 5.91 Å². The second kappa shape index (κ2) is 11.9. The fourth-order valence-electron chi connectivity index (χ4n) is 5.40. The number of rotatable bonds is 9. The van der Waals surface area contributed by atoms with E-state index < -0.39 is 11.9 Å². The molecule has 1 aromatic carbocycles. The number of benzene rings is 1. The van der Waals surface area contributed by atoms with Crippen LogP contribution in [0.5, 0.6) is 0 Å². The fraction of sp³-hybridized carbons (Fsp3) is 0.500. The third-order valence-corrected chi connectivity index (χ3v) is 7.79. The predicted octanol–water partition coefficient (Wildman–Crippen LogP) is 1.72. The van der Waals surface area contributed by atoms with Gasteiger partial charge in [-0.15, -0.1) is 0 Å². The zero-order chi connectivity index (χ0) is 28.2. The lowest BCUT2D eigenvalue weighted by atomic mass is 10.2. The summed E-state index contributed by atoms with van der Waals surface area (Å²) in [4.78, 5) is 63.8. The van der Waals surface area contributed by atoms with Crippen LogP contribution < -0.4 is 10.2 Å². The second-order valence-corrected chi connectivity index (χ2v) is 10.4. The van der Waals surface area contributed by atoms with E-state index in [2.05, 4.69) is 15.3 Å². The number of hydrogen-bond acceptors (Lipinski definition) is 8. The van der Waals surface area contributed by atoms with Crippen molar-refractivity contribution in [1.82, 2.24) is 25.1 Å². The van der Waals surface area contributed by atoms with Crippen molar-refractivity contribution >= 4 is 29.7 Å². The van der Waals surface area contributed by atoms with Crippen molar-refractivity contribution in [3.05, 3.63) is 42.1 Å². The van der Waals surface area contributed by atoms with E-state index in [1.54, 1.807) is 15.9 Å². The number of piperidine rings is 1. The van der Waals surface area contributed by atoms with Gasteiger partial charge in [0, 0.05) is 50.9 Å². The average Bonchev–Trinajstić information content (AvgIpc) is 3.50. The van der Waals surface area contributed by atoms with Crippen molar-refractivity contribution in [3.63, 3.8) is 0 Å². The van der Waals surface area contributed by atoms with Crippen LogP contribution in [0.25, 0.3) is 11.4 Å². The molecule has 12 heteroatoms. The lowest BCUT2D eigenvalue weighted by Gasteiger charge is -2.34. The van der Waals surface area contributed by atoms with Gasteiger partial charge in [-0.3, -0.25) is 14.4 Å². The molecule has 1 aliphatic carbocycles. The largest absolute Gasteiger partial charge is 0.481 e. The average molecular weight is 551 g/mol. The number of unbranched alkanes of at least 4 members (excludes halogenated alkanes) is 1. The van der Waals surface area contributed by atoms with Crippen LogP contribution in [0.1, 0.15) is 30.3 Å². The normalized spacial score (nSPS) is 21.5. The highest BCUT2D eigenvalue weighted by Crippen LogP contribution is 2.52. The Morgan fingerprint density at radius 1 is 1.00 bits per heavy atom. The SMILES string of the molecule is CCCCOC(=O)N1CCN(C(=O)CNC(=O)c2cc(N3CC4C(C3)C4C(=O)O)nc(-c3ccccc3)n2)CC1. The Balaban J connectivity index is 1.20. The third-order valence-electron chi connectivity index (χ3n) is 7.79. The van der Waals surface area contributed by atoms with Gasteiger partial charge >= 0.3 is 12.1 Å². The molecule has 3 aliphatic rings. The van der Waals surface area contributed by atoms with Gasteiger partial charge < -0.3 is 29.9 Å². The molecule has 1 saturated carbocycles. The van der Waals surface area contributed by atoms with E-state index in [0.29, 0.717) is 57.5 Å². The van der Waals surface area contributed by atoms with Crippen LogP contribution in [0.3, 0.4) is 0 Å². The summed E-state index contributed by atoms with van der Waals surface area (Å²) in [6.07, 6.45) is 1.39. The molecule has 40 heavy (non-hydrogen) atoms. The van der Waals surface area contributed by atoms with Crippen LogP contribution in [-0.2, 0) is 14.3 Å². The number of carbonyl (C=O) groups excluding carboxylic acids is 3. The van der Waals surface area contributed by atoms with Crippen LogP contribution in [0, 0.1) is 17.8 Å². The first kappa shape index (κ1) is 27.4. The maximum atomic E-state index is 13.1. The van der Waals surface area contributed by atoms with E-state index in [0.717, 1.165) is 18.4 Å². The molecule has 12 nitrogen and oxygen atoms in total. The molecule has 3 amide bonds. The third kappa shape index (κ3) is 6.00. The summed E-state index contributed by atoms with van der Waals surface area (Å²) < 4.78 is 5.24. The van der Waals surface area contributed by atoms with Crippen molar-refractivity contribution in [2.45, 2.75) is 19.8 Å². The van der Waals surface area contributed by atoms with E-state index in [9.17, 15) is 24.3 Å². The van der Waals surface area contributed by atoms with Crippen molar-refractivity contribution < 1.29 is 29.0 Å². The maximum Gasteiger partial charge on any atom is 0.409 e. The molecule has 2 atom stereocenters. The predicted molar refractivity (Wildman–Crippen MR) is 145 cm³/mol. The number of amides is 3. The summed E-state index contributed by atoms with van der Waals surface area (Å²) >= 11 is 0. The standard InChI is InChI=1S/C28H34N6O6/c1-2-3-13-40-28(39)33-11-9-32(10-12-33)23(35)15-29-26(36)21-14-22(31-25(30-21)18-7-5-4-6-8-18)34-16-19-20(17-34)24(19)27(37)38/h4-8,14,19-20,24H,2-3,9-13,15-17H2,1H3,(H,29,36)(H,37,38). The monoisotopic (exact) mass is 550 g/mol. The van der Waals surface area contributed by atoms with E-state index in [1.165, 1.54) is 0 Å². The van der Waals surface area contributed by atoms with Gasteiger partial charge in [0.05, 0.1) is 19.1 Å². The van der Waals surface area contributed by atoms with Gasteiger partial charge in [0.15, 0.2) is 5.82 Å². The number of carbonyl (C=O) groups is 4. The molecule has 5 rings (SSSR count). The number of nitrogens with one attached hydrogen (secondary N) is 1. The molecule has 2 aromatic rings. The lowest BCUT2D eigenvalue weighted by Crippen LogP contribution is -2.52. The lowest BCUT2D eigenvalue weighted by molar-refractivity contribution is -0.139. The minimum atomic E-state index is -0.764. The molecular formula is C28H34N6O6. The highest BCUT2D eigenvalue weighted by molar-refractivity contribution is 5.96. The van der Waals surface area contributed by atoms with Crippen LogP contribution in [0.4, 0.5) is 10.6 Å². The van der Waals surface area contributed by atoms with Gasteiger partial charge in [-0.25, -0.2) is 14.8 Å². The molecule has 0 spiro atoms. The summed E-state index contributed by atoms with van der Waals surface area (Å²) in [7, 11) is 0. The first-order valence-corrected chi connectivity index (χ1v) is 13.8. The van der Waals surface area contributed by atoms with E-state index in [4.69, 9.17) is 4.74 Å². The quantitative estimate of drug-likeness (QED) is 0.446. The Bertz CT molecular complexity index is 1250. The van der Waals surface area contributed by atoms with Gasteiger partial charge in [-0.2, -0.15) is 0 Å². The summed E-state index contributed by atoms with van der Waals surface area (Å²) in [5.41, 5.74) is 0.875. The number of fused-ring (bicyclic) bond motifs is 1. The molecule has 0 bridgehead atoms. The Morgan fingerprint density at radius 3 is 2.33 bits per heavy atom. The van der Waals surface area contributed by atoms with Crippen LogP contribution in [0.2, 0.25) is 0 Å². The number of carboxylic acids is 1. The van der Waals surface area contributed by atoms with Gasteiger partial charge in [0.1, 0.15) is 11.5 Å². The summed E-state index contributed by atoms with van der Waals surface area (Å²) in [5, 5.41) is 12.0. The maximum absolute atomic E-state index is 13.1. The molecule has 2 N–H and O–H groups in total. The Morgan fingerprint density at radius 2 is 1.68 bits per heavy atom. The van der Waals surface area contributed by atoms with Crippen molar-refractivity contribution in [3.8, 4) is 11.4 Å². The molecule has 2 unspecified atom stereocenters. The zero-order valence-corrected chi connectivity index (χ0v) is 22.5. The molecule has 3 fully saturated rings. The molecule has 1 aromatic heterocycles. The van der Waals surface area contributed by atoms with Crippen molar-refractivity contribution in [1.29, 1.82) is 0 Å². The molecule has 2 saturated heterocycles. The van der Waals surface area contributed by atoms with E-state index >= 15 is 0 Å². The number of aromatic nitrogens is 2. The molecule has 212 valence electrons. The number of piperazine rings is 1. The number of carboxylic acid groups (broad SMARTS) is 1. The Labute approximate surface area is 232 Å². The molecule has 2 aliphatic heterocycles. The highest BCUT2D eigenvalue weighted by atomic mass is 16.6. The van der Waals surface area contributed by atoms with Crippen molar-refractivity contribution in [2.75, 3.05) is 57.3 Å². The summed E-state index contributed by atoms with van der Waals surface area (Å²) in [6.45, 7) is 4.81. The van der Waals surface area contributed by atoms with E-state index in [-0.39, 0.29) is 42.0 Å². The van der Waals surface area contributed by atoms with Gasteiger partial charge in [-0.1, -0.05) is 43.7 Å². The molecule has 3 heterocycles. The van der Waals surface area contributed by atoms with Crippen LogP contribution in [0.15, 0.2) is 36.4 Å². The van der Waals surface area contributed by atoms with E-state index in [1.807, 2.05) is 42.2 Å². The van der Waals surface area contributed by atoms with Gasteiger partial charge in [0.25, 0.3) is 5.91 Å². The molecular weight excluding hydrogens is 516 g/mol. The number of nitrogens with zero attached hydrogens (tertiary/aromatic N) is 5. The number of hydrogen-bond donors (Lipinski definition) is 2. The van der Waals surface area contributed by atoms with Crippen LogP contribution in [-0.4, -0.2) is 101 Å². The molecule has 0 radical (unpaired) electrons. The number of aliphatic carboxylic acids is 1. The topological polar surface area (TPSA) is 145 Å². The fourth-order valence-corrected chi connectivity index (χ4v) is 5.40. The first-order valence-electron chi connectivity index (χ1n) is 13.8.